The van der Waals surface area contributed by atoms with E-state index in [1.807, 2.05) is 30.2 Å². The Morgan fingerprint density at radius 1 is 1.03 bits per heavy atom. The zero-order valence-corrected chi connectivity index (χ0v) is 19.3. The van der Waals surface area contributed by atoms with E-state index < -0.39 is 0 Å². The molecule has 0 bridgehead atoms. The van der Waals surface area contributed by atoms with E-state index in [1.54, 1.807) is 16.0 Å². The van der Waals surface area contributed by atoms with Gasteiger partial charge in [-0.1, -0.05) is 35.9 Å². The molecule has 0 atom stereocenters. The Morgan fingerprint density at radius 2 is 1.81 bits per heavy atom. The van der Waals surface area contributed by atoms with Gasteiger partial charge in [-0.25, -0.2) is 9.67 Å². The van der Waals surface area contributed by atoms with Gasteiger partial charge < -0.3 is 4.90 Å². The lowest BCUT2D eigenvalue weighted by atomic mass is 10.1. The molecule has 0 aliphatic carbocycles. The number of carbonyl (C=O) groups excluding carboxylic acids is 1. The van der Waals surface area contributed by atoms with Crippen molar-refractivity contribution in [2.24, 2.45) is 0 Å². The molecule has 1 fully saturated rings. The number of benzene rings is 1. The van der Waals surface area contributed by atoms with Gasteiger partial charge in [0.1, 0.15) is 6.54 Å². The number of hydrogen-bond acceptors (Lipinski definition) is 5. The maximum atomic E-state index is 13.1. The summed E-state index contributed by atoms with van der Waals surface area (Å²) in [6.45, 7) is 8.53. The van der Waals surface area contributed by atoms with Crippen LogP contribution in [-0.4, -0.2) is 56.7 Å². The number of aromatic nitrogens is 3. The highest BCUT2D eigenvalue weighted by atomic mass is 32.1. The molecule has 0 saturated carbocycles. The summed E-state index contributed by atoms with van der Waals surface area (Å²) in [5.74, 6) is 0.104. The Kier molecular flexibility index (Phi) is 5.76. The van der Waals surface area contributed by atoms with Crippen molar-refractivity contribution in [3.63, 3.8) is 0 Å². The molecular weight excluding hydrogens is 418 g/mol. The molecule has 164 valence electrons. The summed E-state index contributed by atoms with van der Waals surface area (Å²) in [6, 6.07) is 14.9. The van der Waals surface area contributed by atoms with E-state index in [9.17, 15) is 4.79 Å². The average Bonchev–Trinajstić information content (AvgIpc) is 3.45. The fourth-order valence-corrected chi connectivity index (χ4v) is 5.12. The molecule has 1 aliphatic rings. The van der Waals surface area contributed by atoms with Gasteiger partial charge in [0.05, 0.1) is 11.1 Å². The summed E-state index contributed by atoms with van der Waals surface area (Å²) in [7, 11) is 0. The Labute approximate surface area is 192 Å². The number of pyridine rings is 1. The second-order valence-electron chi connectivity index (χ2n) is 8.42. The molecule has 0 N–H and O–H groups in total. The Hall–Kier alpha value is -3.03. The van der Waals surface area contributed by atoms with Crippen LogP contribution in [0.4, 0.5) is 0 Å². The minimum Gasteiger partial charge on any atom is -0.339 e. The van der Waals surface area contributed by atoms with Gasteiger partial charge in [0.25, 0.3) is 0 Å². The quantitative estimate of drug-likeness (QED) is 0.464. The lowest BCUT2D eigenvalue weighted by Crippen LogP contribution is -2.49. The highest BCUT2D eigenvalue weighted by Crippen LogP contribution is 2.32. The number of rotatable bonds is 5. The predicted molar refractivity (Wildman–Crippen MR) is 129 cm³/mol. The first-order valence-electron chi connectivity index (χ1n) is 11.0. The molecule has 7 heteroatoms. The van der Waals surface area contributed by atoms with Crippen molar-refractivity contribution < 1.29 is 4.79 Å². The molecule has 0 radical (unpaired) electrons. The normalized spacial score (nSPS) is 14.9. The van der Waals surface area contributed by atoms with Crippen LogP contribution >= 0.6 is 11.3 Å². The van der Waals surface area contributed by atoms with Gasteiger partial charge in [0.2, 0.25) is 5.91 Å². The van der Waals surface area contributed by atoms with Crippen LogP contribution in [0, 0.1) is 13.8 Å². The van der Waals surface area contributed by atoms with E-state index in [1.165, 1.54) is 16.0 Å². The molecule has 1 saturated heterocycles. The summed E-state index contributed by atoms with van der Waals surface area (Å²) in [4.78, 5) is 23.2. The molecule has 0 spiro atoms. The number of piperazine rings is 1. The summed E-state index contributed by atoms with van der Waals surface area (Å²) in [6.07, 6.45) is 1.81. The summed E-state index contributed by atoms with van der Waals surface area (Å²) >= 11 is 1.70. The predicted octanol–water partition coefficient (Wildman–Crippen LogP) is 4.12. The van der Waals surface area contributed by atoms with Gasteiger partial charge in [-0.15, -0.1) is 11.3 Å². The molecule has 0 unspecified atom stereocenters. The van der Waals surface area contributed by atoms with E-state index in [0.717, 1.165) is 55.0 Å². The van der Waals surface area contributed by atoms with Crippen LogP contribution in [0.2, 0.25) is 0 Å². The highest BCUT2D eigenvalue weighted by molar-refractivity contribution is 7.13. The molecule has 1 amide bonds. The summed E-state index contributed by atoms with van der Waals surface area (Å²) in [5, 5.41) is 7.78. The van der Waals surface area contributed by atoms with Gasteiger partial charge in [0.15, 0.2) is 5.65 Å². The van der Waals surface area contributed by atoms with Crippen molar-refractivity contribution in [2.45, 2.75) is 26.9 Å². The highest BCUT2D eigenvalue weighted by Gasteiger charge is 2.23. The van der Waals surface area contributed by atoms with Crippen LogP contribution in [-0.2, 0) is 17.9 Å². The van der Waals surface area contributed by atoms with Crippen LogP contribution in [0.1, 0.15) is 16.8 Å². The van der Waals surface area contributed by atoms with Gasteiger partial charge in [-0.3, -0.25) is 9.69 Å². The van der Waals surface area contributed by atoms with E-state index in [0.29, 0.717) is 0 Å². The van der Waals surface area contributed by atoms with Crippen molar-refractivity contribution in [3.8, 4) is 10.4 Å². The monoisotopic (exact) mass is 445 g/mol. The van der Waals surface area contributed by atoms with Crippen LogP contribution in [0.3, 0.4) is 0 Å². The topological polar surface area (TPSA) is 54.3 Å². The third-order valence-corrected chi connectivity index (χ3v) is 7.03. The lowest BCUT2D eigenvalue weighted by Gasteiger charge is -2.34. The van der Waals surface area contributed by atoms with E-state index in [-0.39, 0.29) is 12.5 Å². The third-order valence-electron chi connectivity index (χ3n) is 6.13. The SMILES string of the molecule is Cc1ccc(CN2CCN(C(=O)Cn3nc(C)c4c(-c5cccs5)ccnc43)CC2)cc1. The first-order valence-corrected chi connectivity index (χ1v) is 11.9. The summed E-state index contributed by atoms with van der Waals surface area (Å²) < 4.78 is 1.77. The first-order chi connectivity index (χ1) is 15.6. The third kappa shape index (κ3) is 4.18. The molecule has 5 rings (SSSR count). The lowest BCUT2D eigenvalue weighted by molar-refractivity contribution is -0.133. The molecule has 6 nitrogen and oxygen atoms in total. The number of carbonyl (C=O) groups is 1. The average molecular weight is 446 g/mol. The maximum Gasteiger partial charge on any atom is 0.244 e. The van der Waals surface area contributed by atoms with Crippen molar-refractivity contribution in [3.05, 3.63) is 70.9 Å². The molecule has 3 aromatic heterocycles. The van der Waals surface area contributed by atoms with Gasteiger partial charge in [-0.2, -0.15) is 5.10 Å². The zero-order chi connectivity index (χ0) is 22.1. The second kappa shape index (κ2) is 8.84. The fourth-order valence-electron chi connectivity index (χ4n) is 4.36. The maximum absolute atomic E-state index is 13.1. The van der Waals surface area contributed by atoms with Crippen molar-refractivity contribution >= 4 is 28.3 Å². The minimum absolute atomic E-state index is 0.104. The number of aryl methyl sites for hydroxylation is 2. The van der Waals surface area contributed by atoms with E-state index in [4.69, 9.17) is 0 Å². The zero-order valence-electron chi connectivity index (χ0n) is 18.5. The smallest absolute Gasteiger partial charge is 0.244 e. The van der Waals surface area contributed by atoms with Crippen LogP contribution < -0.4 is 0 Å². The number of thiophene rings is 1. The number of fused-ring (bicyclic) bond motifs is 1. The summed E-state index contributed by atoms with van der Waals surface area (Å²) in [5.41, 5.74) is 5.42. The van der Waals surface area contributed by atoms with Crippen LogP contribution in [0.5, 0.6) is 0 Å². The Morgan fingerprint density at radius 3 is 2.53 bits per heavy atom. The number of nitrogens with zero attached hydrogens (tertiary/aromatic N) is 5. The van der Waals surface area contributed by atoms with Gasteiger partial charge in [-0.05, 0) is 36.9 Å². The minimum atomic E-state index is 0.104. The van der Waals surface area contributed by atoms with Gasteiger partial charge >= 0.3 is 0 Å². The number of amides is 1. The molecule has 1 aliphatic heterocycles. The molecular formula is C25H27N5OS. The van der Waals surface area contributed by atoms with Crippen molar-refractivity contribution in [1.82, 2.24) is 24.6 Å². The largest absolute Gasteiger partial charge is 0.339 e. The second-order valence-corrected chi connectivity index (χ2v) is 9.37. The molecule has 4 aromatic rings. The Balaban J connectivity index is 1.26. The fraction of sp³-hybridized carbons (Fsp3) is 0.320. The number of hydrogen-bond donors (Lipinski definition) is 0. The van der Waals surface area contributed by atoms with Crippen molar-refractivity contribution in [1.29, 1.82) is 0 Å². The molecule has 1 aromatic carbocycles. The standard InChI is InChI=1S/C25H27N5OS/c1-18-5-7-20(8-6-18)16-28-11-13-29(14-12-28)23(31)17-30-25-24(19(2)27-30)21(9-10-26-25)22-4-3-15-32-22/h3-10,15H,11-14,16-17H2,1-2H3. The molecule has 4 heterocycles. The first kappa shape index (κ1) is 20.8. The van der Waals surface area contributed by atoms with E-state index in [2.05, 4.69) is 57.6 Å². The Bertz CT molecular complexity index is 1220. The van der Waals surface area contributed by atoms with Crippen LogP contribution in [0.25, 0.3) is 21.5 Å². The molecule has 32 heavy (non-hydrogen) atoms. The van der Waals surface area contributed by atoms with Gasteiger partial charge in [0, 0.05) is 49.4 Å². The van der Waals surface area contributed by atoms with Crippen LogP contribution in [0.15, 0.2) is 54.0 Å². The van der Waals surface area contributed by atoms with E-state index >= 15 is 0 Å². The van der Waals surface area contributed by atoms with Crippen molar-refractivity contribution in [2.75, 3.05) is 26.2 Å².